The second-order valence-corrected chi connectivity index (χ2v) is 4.57. The Kier molecular flexibility index (Phi) is 7.12. The smallest absolute Gasteiger partial charge is 0.411 e. The standard InChI is InChI=1S/C13H17ClF3NO2/c1-18-8-10-3-4-12(11(14)7-10)20-6-2-5-19-9-13(15,16)17/h3-4,7,18H,2,5-6,8-9H2,1H3. The predicted octanol–water partition coefficient (Wildman–Crippen LogP) is 3.41. The summed E-state index contributed by atoms with van der Waals surface area (Å²) in [4.78, 5) is 0. The van der Waals surface area contributed by atoms with Crippen molar-refractivity contribution < 1.29 is 22.6 Å². The molecule has 20 heavy (non-hydrogen) atoms. The third kappa shape index (κ3) is 6.98. The van der Waals surface area contributed by atoms with Crippen LogP contribution in [-0.4, -0.2) is 33.0 Å². The van der Waals surface area contributed by atoms with Crippen molar-refractivity contribution in [1.82, 2.24) is 5.32 Å². The van der Waals surface area contributed by atoms with Crippen LogP contribution in [0.2, 0.25) is 5.02 Å². The summed E-state index contributed by atoms with van der Waals surface area (Å²) in [6.45, 7) is -0.282. The molecule has 0 amide bonds. The number of nitrogens with one attached hydrogen (secondary N) is 1. The lowest BCUT2D eigenvalue weighted by atomic mass is 10.2. The SMILES string of the molecule is CNCc1ccc(OCCCOCC(F)(F)F)c(Cl)c1. The molecule has 0 spiro atoms. The van der Waals surface area contributed by atoms with E-state index >= 15 is 0 Å². The molecular weight excluding hydrogens is 295 g/mol. The van der Waals surface area contributed by atoms with Crippen LogP contribution in [0.5, 0.6) is 5.75 Å². The normalized spacial score (nSPS) is 11.7. The highest BCUT2D eigenvalue weighted by Crippen LogP contribution is 2.25. The molecule has 0 aliphatic heterocycles. The van der Waals surface area contributed by atoms with Gasteiger partial charge in [0.2, 0.25) is 0 Å². The van der Waals surface area contributed by atoms with Crippen molar-refractivity contribution in [1.29, 1.82) is 0 Å². The average molecular weight is 312 g/mol. The molecule has 0 saturated heterocycles. The molecule has 1 rings (SSSR count). The zero-order valence-corrected chi connectivity index (χ0v) is 11.9. The zero-order valence-electron chi connectivity index (χ0n) is 11.1. The van der Waals surface area contributed by atoms with Crippen molar-refractivity contribution in [2.45, 2.75) is 19.1 Å². The highest BCUT2D eigenvalue weighted by atomic mass is 35.5. The Morgan fingerprint density at radius 1 is 1.25 bits per heavy atom. The van der Waals surface area contributed by atoms with E-state index in [-0.39, 0.29) is 13.2 Å². The highest BCUT2D eigenvalue weighted by Gasteiger charge is 2.27. The molecule has 0 aliphatic carbocycles. The second kappa shape index (κ2) is 8.34. The molecule has 1 N–H and O–H groups in total. The van der Waals surface area contributed by atoms with Gasteiger partial charge in [-0.1, -0.05) is 17.7 Å². The first kappa shape index (κ1) is 17.1. The van der Waals surface area contributed by atoms with E-state index < -0.39 is 12.8 Å². The topological polar surface area (TPSA) is 30.5 Å². The van der Waals surface area contributed by atoms with Crippen LogP contribution in [0.1, 0.15) is 12.0 Å². The van der Waals surface area contributed by atoms with E-state index in [4.69, 9.17) is 16.3 Å². The summed E-state index contributed by atoms with van der Waals surface area (Å²) in [6.07, 6.45) is -3.92. The van der Waals surface area contributed by atoms with Gasteiger partial charge in [-0.3, -0.25) is 0 Å². The van der Waals surface area contributed by atoms with Gasteiger partial charge in [0, 0.05) is 13.0 Å². The zero-order chi connectivity index (χ0) is 15.0. The molecule has 0 aromatic heterocycles. The Bertz CT molecular complexity index is 413. The molecule has 0 fully saturated rings. The van der Waals surface area contributed by atoms with Crippen LogP contribution < -0.4 is 10.1 Å². The summed E-state index contributed by atoms with van der Waals surface area (Å²) in [5.74, 6) is 0.516. The summed E-state index contributed by atoms with van der Waals surface area (Å²) in [7, 11) is 1.83. The number of ether oxygens (including phenoxy) is 2. The van der Waals surface area contributed by atoms with Crippen molar-refractivity contribution in [3.05, 3.63) is 28.8 Å². The molecular formula is C13H17ClF3NO2. The van der Waals surface area contributed by atoms with Crippen molar-refractivity contribution in [2.24, 2.45) is 0 Å². The Morgan fingerprint density at radius 2 is 2.00 bits per heavy atom. The van der Waals surface area contributed by atoms with Gasteiger partial charge in [0.15, 0.2) is 0 Å². The van der Waals surface area contributed by atoms with Gasteiger partial charge in [-0.2, -0.15) is 13.2 Å². The van der Waals surface area contributed by atoms with Gasteiger partial charge < -0.3 is 14.8 Å². The first-order chi connectivity index (χ1) is 9.42. The Balaban J connectivity index is 2.25. The maximum Gasteiger partial charge on any atom is 0.411 e. The molecule has 1 aromatic rings. The molecule has 0 bridgehead atoms. The Labute approximate surface area is 121 Å². The minimum Gasteiger partial charge on any atom is -0.492 e. The van der Waals surface area contributed by atoms with E-state index in [1.807, 2.05) is 13.1 Å². The van der Waals surface area contributed by atoms with Gasteiger partial charge in [0.1, 0.15) is 12.4 Å². The molecule has 0 heterocycles. The number of halogens is 4. The Hall–Kier alpha value is -0.980. The Morgan fingerprint density at radius 3 is 2.60 bits per heavy atom. The van der Waals surface area contributed by atoms with Crippen molar-refractivity contribution in [3.63, 3.8) is 0 Å². The lowest BCUT2D eigenvalue weighted by Crippen LogP contribution is -2.18. The number of benzene rings is 1. The molecule has 0 unspecified atom stereocenters. The summed E-state index contributed by atoms with van der Waals surface area (Å²) in [5.41, 5.74) is 1.03. The first-order valence-corrected chi connectivity index (χ1v) is 6.50. The van der Waals surface area contributed by atoms with E-state index in [1.165, 1.54) is 0 Å². The fourth-order valence-corrected chi connectivity index (χ4v) is 1.76. The van der Waals surface area contributed by atoms with E-state index in [0.29, 0.717) is 23.7 Å². The van der Waals surface area contributed by atoms with Crippen LogP contribution in [0, 0.1) is 0 Å². The monoisotopic (exact) mass is 311 g/mol. The molecule has 114 valence electrons. The minimum absolute atomic E-state index is 0.00499. The van der Waals surface area contributed by atoms with Gasteiger partial charge in [-0.05, 0) is 24.7 Å². The van der Waals surface area contributed by atoms with Crippen LogP contribution in [0.25, 0.3) is 0 Å². The van der Waals surface area contributed by atoms with E-state index in [9.17, 15) is 13.2 Å². The fraction of sp³-hybridized carbons (Fsp3) is 0.538. The van der Waals surface area contributed by atoms with Gasteiger partial charge in [-0.15, -0.1) is 0 Å². The molecule has 0 atom stereocenters. The van der Waals surface area contributed by atoms with Crippen LogP contribution >= 0.6 is 11.6 Å². The molecule has 0 aliphatic rings. The van der Waals surface area contributed by atoms with Crippen LogP contribution in [-0.2, 0) is 11.3 Å². The van der Waals surface area contributed by atoms with Crippen molar-refractivity contribution in [3.8, 4) is 5.75 Å². The van der Waals surface area contributed by atoms with E-state index in [2.05, 4.69) is 10.1 Å². The number of hydrogen-bond acceptors (Lipinski definition) is 3. The third-order valence-electron chi connectivity index (χ3n) is 2.33. The van der Waals surface area contributed by atoms with Crippen LogP contribution in [0.3, 0.4) is 0 Å². The molecule has 3 nitrogen and oxygen atoms in total. The minimum atomic E-state index is -4.28. The summed E-state index contributed by atoms with van der Waals surface area (Å²) < 4.78 is 45.3. The lowest BCUT2D eigenvalue weighted by Gasteiger charge is -2.10. The van der Waals surface area contributed by atoms with Crippen LogP contribution in [0.4, 0.5) is 13.2 Å². The molecule has 7 heteroatoms. The summed E-state index contributed by atoms with van der Waals surface area (Å²) in [6, 6.07) is 5.40. The van der Waals surface area contributed by atoms with E-state index in [0.717, 1.165) is 5.56 Å². The maximum atomic E-state index is 11.8. The first-order valence-electron chi connectivity index (χ1n) is 6.12. The maximum absolute atomic E-state index is 11.8. The largest absolute Gasteiger partial charge is 0.492 e. The summed E-state index contributed by atoms with van der Waals surface area (Å²) >= 11 is 6.03. The average Bonchev–Trinajstić information content (AvgIpc) is 2.35. The van der Waals surface area contributed by atoms with Gasteiger partial charge >= 0.3 is 6.18 Å². The predicted molar refractivity (Wildman–Crippen MR) is 71.2 cm³/mol. The van der Waals surface area contributed by atoms with Crippen LogP contribution in [0.15, 0.2) is 18.2 Å². The highest BCUT2D eigenvalue weighted by molar-refractivity contribution is 6.32. The fourth-order valence-electron chi connectivity index (χ4n) is 1.51. The van der Waals surface area contributed by atoms with E-state index in [1.54, 1.807) is 12.1 Å². The second-order valence-electron chi connectivity index (χ2n) is 4.16. The molecule has 0 radical (unpaired) electrons. The number of hydrogen-bond donors (Lipinski definition) is 1. The van der Waals surface area contributed by atoms with Gasteiger partial charge in [-0.25, -0.2) is 0 Å². The molecule has 0 saturated carbocycles. The van der Waals surface area contributed by atoms with Crippen molar-refractivity contribution in [2.75, 3.05) is 26.9 Å². The third-order valence-corrected chi connectivity index (χ3v) is 2.63. The quantitative estimate of drug-likeness (QED) is 0.746. The van der Waals surface area contributed by atoms with Crippen molar-refractivity contribution >= 4 is 11.6 Å². The number of alkyl halides is 3. The summed E-state index contributed by atoms with van der Waals surface area (Å²) in [5, 5.41) is 3.48. The number of rotatable bonds is 8. The molecule has 1 aromatic carbocycles. The lowest BCUT2D eigenvalue weighted by molar-refractivity contribution is -0.174. The van der Waals surface area contributed by atoms with Gasteiger partial charge in [0.25, 0.3) is 0 Å². The van der Waals surface area contributed by atoms with Gasteiger partial charge in [0.05, 0.1) is 18.2 Å².